The number of hydrogen-bond donors (Lipinski definition) is 0. The number of carbonyl (C=O) groups is 1. The number of benzene rings is 1. The maximum atomic E-state index is 15.3. The summed E-state index contributed by atoms with van der Waals surface area (Å²) in [5.41, 5.74) is 0.00226. The first-order valence-electron chi connectivity index (χ1n) is 11.2. The topological polar surface area (TPSA) is 71.1 Å². The van der Waals surface area contributed by atoms with Crippen molar-refractivity contribution in [3.8, 4) is 0 Å². The van der Waals surface area contributed by atoms with E-state index in [0.29, 0.717) is 17.7 Å². The van der Waals surface area contributed by atoms with Gasteiger partial charge in [0.25, 0.3) is 0 Å². The van der Waals surface area contributed by atoms with Gasteiger partial charge in [0.2, 0.25) is 0 Å². The molecule has 0 saturated carbocycles. The monoisotopic (exact) mass is 499 g/mol. The van der Waals surface area contributed by atoms with Crippen molar-refractivity contribution in [2.45, 2.75) is 63.2 Å². The first kappa shape index (κ1) is 28.0. The minimum atomic E-state index is -1.46. The van der Waals surface area contributed by atoms with E-state index in [0.717, 1.165) is 6.04 Å². The molecule has 0 spiro atoms. The van der Waals surface area contributed by atoms with Gasteiger partial charge in [-0.3, -0.25) is 4.79 Å². The molecule has 0 radical (unpaired) electrons. The van der Waals surface area contributed by atoms with Gasteiger partial charge in [0, 0.05) is 31.6 Å². The molecule has 0 bridgehead atoms. The molecule has 6 nitrogen and oxygen atoms in total. The Labute approximate surface area is 201 Å². The zero-order valence-electron chi connectivity index (χ0n) is 20.7. The molecule has 9 heteroatoms. The summed E-state index contributed by atoms with van der Waals surface area (Å²) in [5, 5.41) is 0. The third kappa shape index (κ3) is 7.63. The van der Waals surface area contributed by atoms with Crippen molar-refractivity contribution in [1.82, 2.24) is 4.31 Å². The van der Waals surface area contributed by atoms with Crippen LogP contribution in [0.4, 0.5) is 4.39 Å². The normalized spacial score (nSPS) is 16.9. The van der Waals surface area contributed by atoms with E-state index in [1.807, 2.05) is 20.8 Å². The van der Waals surface area contributed by atoms with Crippen molar-refractivity contribution in [2.24, 2.45) is 0 Å². The van der Waals surface area contributed by atoms with Crippen LogP contribution in [0.3, 0.4) is 0 Å². The molecular formula is C24H38FNO5SSi. The third-order valence-corrected chi connectivity index (χ3v) is 8.94. The highest BCUT2D eigenvalue weighted by molar-refractivity contribution is 7.90. The van der Waals surface area contributed by atoms with Gasteiger partial charge >= 0.3 is 5.97 Å². The van der Waals surface area contributed by atoms with E-state index in [-0.39, 0.29) is 33.0 Å². The summed E-state index contributed by atoms with van der Waals surface area (Å²) in [5.74, 6) is -0.916. The Morgan fingerprint density at radius 1 is 1.36 bits per heavy atom. The fraction of sp³-hybridized carbons (Fsp3) is 0.625. The number of hydrogen-bond acceptors (Lipinski definition) is 6. The lowest BCUT2D eigenvalue weighted by Gasteiger charge is -2.50. The summed E-state index contributed by atoms with van der Waals surface area (Å²) in [7, 11) is -1.28. The molecule has 1 aliphatic heterocycles. The Bertz CT molecular complexity index is 820. The quantitative estimate of drug-likeness (QED) is 0.106. The van der Waals surface area contributed by atoms with Crippen molar-refractivity contribution in [2.75, 3.05) is 33.2 Å². The largest absolute Gasteiger partial charge is 0.597 e. The summed E-state index contributed by atoms with van der Waals surface area (Å²) >= 11 is -1.46. The minimum absolute atomic E-state index is 0.0357. The molecule has 186 valence electrons. The molecule has 2 rings (SSSR count). The van der Waals surface area contributed by atoms with Crippen LogP contribution in [-0.4, -0.2) is 60.8 Å². The molecule has 1 aliphatic rings. The second-order valence-electron chi connectivity index (χ2n) is 10.6. The molecule has 1 aromatic carbocycles. The first-order valence-corrected chi connectivity index (χ1v) is 16.0. The van der Waals surface area contributed by atoms with Gasteiger partial charge < -0.3 is 18.8 Å². The van der Waals surface area contributed by atoms with Crippen LogP contribution in [0.1, 0.15) is 31.9 Å². The second-order valence-corrected chi connectivity index (χ2v) is 18.4. The molecule has 1 unspecified atom stereocenters. The van der Waals surface area contributed by atoms with Crippen LogP contribution in [0.15, 0.2) is 30.9 Å². The lowest BCUT2D eigenvalue weighted by atomic mass is 9.86. The summed E-state index contributed by atoms with van der Waals surface area (Å²) in [6.45, 7) is 17.2. The molecule has 1 fully saturated rings. The van der Waals surface area contributed by atoms with Crippen LogP contribution in [0.2, 0.25) is 25.7 Å². The van der Waals surface area contributed by atoms with E-state index in [2.05, 4.69) is 26.2 Å². The Morgan fingerprint density at radius 2 is 2.03 bits per heavy atom. The maximum Gasteiger partial charge on any atom is 0.310 e. The number of esters is 1. The smallest absolute Gasteiger partial charge is 0.310 e. The molecule has 33 heavy (non-hydrogen) atoms. The second kappa shape index (κ2) is 11.5. The summed E-state index contributed by atoms with van der Waals surface area (Å²) in [4.78, 5) is 11.9. The summed E-state index contributed by atoms with van der Waals surface area (Å²) in [6, 6.07) is 5.69. The average Bonchev–Trinajstić information content (AvgIpc) is 2.66. The SMILES string of the molecule is C=CCOC(=O)Cc1ccc(C2(N(COCC[Si](C)(C)C)[S+]([O-])C(C)(C)C)COC2)c(F)c1. The molecule has 1 heterocycles. The molecular weight excluding hydrogens is 461 g/mol. The Hall–Kier alpha value is -1.23. The van der Waals surface area contributed by atoms with Crippen molar-refractivity contribution in [3.05, 3.63) is 47.8 Å². The number of carbonyl (C=O) groups excluding carboxylic acids is 1. The third-order valence-electron chi connectivity index (χ3n) is 5.33. The van der Waals surface area contributed by atoms with Crippen LogP contribution in [0, 0.1) is 5.82 Å². The zero-order valence-corrected chi connectivity index (χ0v) is 22.6. The van der Waals surface area contributed by atoms with Crippen molar-refractivity contribution in [1.29, 1.82) is 0 Å². The fourth-order valence-corrected chi connectivity index (χ4v) is 5.44. The number of rotatable bonds is 12. The molecule has 0 aliphatic carbocycles. The molecule has 0 aromatic heterocycles. The van der Waals surface area contributed by atoms with Gasteiger partial charge in [0.1, 0.15) is 29.4 Å². The minimum Gasteiger partial charge on any atom is -0.597 e. The van der Waals surface area contributed by atoms with Gasteiger partial charge in [-0.25, -0.2) is 4.39 Å². The molecule has 1 saturated heterocycles. The van der Waals surface area contributed by atoms with Gasteiger partial charge in [-0.1, -0.05) is 48.7 Å². The van der Waals surface area contributed by atoms with E-state index < -0.39 is 41.5 Å². The standard InChI is InChI=1S/C24H38FNO5SSi/c1-8-11-31-22(27)15-19-9-10-20(21(25)14-19)24(16-30-17-24)26(32(28)23(2,3)4)18-29-12-13-33(5,6)7/h8-10,14H,1,11-13,15-18H2,2-7H3. The lowest BCUT2D eigenvalue weighted by molar-refractivity contribution is -0.141. The van der Waals surface area contributed by atoms with Crippen LogP contribution < -0.4 is 0 Å². The molecule has 1 aromatic rings. The van der Waals surface area contributed by atoms with Crippen molar-refractivity contribution < 1.29 is 27.9 Å². The highest BCUT2D eigenvalue weighted by Crippen LogP contribution is 2.42. The Morgan fingerprint density at radius 3 is 2.52 bits per heavy atom. The Balaban J connectivity index is 2.28. The number of ether oxygens (including phenoxy) is 3. The van der Waals surface area contributed by atoms with Gasteiger partial charge in [0.15, 0.2) is 0 Å². The van der Waals surface area contributed by atoms with E-state index in [4.69, 9.17) is 14.2 Å². The van der Waals surface area contributed by atoms with E-state index in [9.17, 15) is 9.35 Å². The molecule has 1 atom stereocenters. The van der Waals surface area contributed by atoms with Crippen LogP contribution in [-0.2, 0) is 42.3 Å². The van der Waals surface area contributed by atoms with Gasteiger partial charge in [-0.05, 0) is 38.4 Å². The van der Waals surface area contributed by atoms with Crippen molar-refractivity contribution in [3.63, 3.8) is 0 Å². The zero-order chi connectivity index (χ0) is 24.9. The lowest BCUT2D eigenvalue weighted by Crippen LogP contribution is -2.64. The number of nitrogens with zero attached hydrogens (tertiary/aromatic N) is 1. The van der Waals surface area contributed by atoms with Gasteiger partial charge in [-0.2, -0.15) is 0 Å². The van der Waals surface area contributed by atoms with E-state index in [1.165, 1.54) is 12.1 Å². The fourth-order valence-electron chi connectivity index (χ4n) is 3.33. The highest BCUT2D eigenvalue weighted by Gasteiger charge is 2.55. The predicted octanol–water partition coefficient (Wildman–Crippen LogP) is 4.40. The first-order chi connectivity index (χ1) is 15.3. The van der Waals surface area contributed by atoms with Crippen molar-refractivity contribution >= 4 is 25.4 Å². The summed E-state index contributed by atoms with van der Waals surface area (Å²) in [6.07, 6.45) is 1.45. The van der Waals surface area contributed by atoms with E-state index >= 15 is 4.39 Å². The Kier molecular flexibility index (Phi) is 9.73. The predicted molar refractivity (Wildman–Crippen MR) is 132 cm³/mol. The molecule has 0 N–H and O–H groups in total. The van der Waals surface area contributed by atoms with Crippen LogP contribution in [0.25, 0.3) is 0 Å². The van der Waals surface area contributed by atoms with Gasteiger partial charge in [0.05, 0.1) is 19.6 Å². The highest BCUT2D eigenvalue weighted by atomic mass is 32.2. The summed E-state index contributed by atoms with van der Waals surface area (Å²) < 4.78 is 46.5. The number of halogens is 1. The molecule has 0 amide bonds. The van der Waals surface area contributed by atoms with Crippen LogP contribution in [0.5, 0.6) is 0 Å². The maximum absolute atomic E-state index is 15.3. The average molecular weight is 500 g/mol. The van der Waals surface area contributed by atoms with Crippen LogP contribution >= 0.6 is 0 Å². The van der Waals surface area contributed by atoms with E-state index in [1.54, 1.807) is 16.4 Å². The van der Waals surface area contributed by atoms with Gasteiger partial charge in [-0.15, -0.1) is 0 Å².